The van der Waals surface area contributed by atoms with Crippen LogP contribution >= 0.6 is 0 Å². The van der Waals surface area contributed by atoms with Gasteiger partial charge in [0.15, 0.2) is 0 Å². The summed E-state index contributed by atoms with van der Waals surface area (Å²) in [6.07, 6.45) is 1.42. The molecule has 1 aromatic rings. The van der Waals surface area contributed by atoms with Crippen molar-refractivity contribution in [3.05, 3.63) is 29.8 Å². The second kappa shape index (κ2) is 6.46. The molecular formula is C16H22N4O2. The molecule has 0 spiro atoms. The van der Waals surface area contributed by atoms with E-state index < -0.39 is 0 Å². The molecular weight excluding hydrogens is 280 g/mol. The fourth-order valence-electron chi connectivity index (χ4n) is 2.93. The van der Waals surface area contributed by atoms with Gasteiger partial charge in [-0.15, -0.1) is 0 Å². The molecule has 1 N–H and O–H groups in total. The molecule has 2 aliphatic heterocycles. The van der Waals surface area contributed by atoms with Crippen LogP contribution in [0.1, 0.15) is 23.2 Å². The highest BCUT2D eigenvalue weighted by Crippen LogP contribution is 2.25. The van der Waals surface area contributed by atoms with E-state index in [-0.39, 0.29) is 11.8 Å². The minimum absolute atomic E-state index is 0.0971. The third-order valence-electron chi connectivity index (χ3n) is 4.28. The maximum Gasteiger partial charge on any atom is 0.267 e. The van der Waals surface area contributed by atoms with E-state index in [1.165, 1.54) is 0 Å². The molecule has 2 fully saturated rings. The first kappa shape index (κ1) is 15.0. The number of para-hydroxylation sites is 1. The topological polar surface area (TPSA) is 55.9 Å². The van der Waals surface area contributed by atoms with E-state index in [1.54, 1.807) is 11.0 Å². The first-order valence-electron chi connectivity index (χ1n) is 7.79. The monoisotopic (exact) mass is 302 g/mol. The molecule has 118 valence electrons. The lowest BCUT2D eigenvalue weighted by Gasteiger charge is -2.32. The van der Waals surface area contributed by atoms with Crippen LogP contribution in [0.5, 0.6) is 0 Å². The van der Waals surface area contributed by atoms with Crippen LogP contribution in [-0.2, 0) is 4.79 Å². The number of hydrogen-bond acceptors (Lipinski definition) is 4. The Morgan fingerprint density at radius 3 is 2.50 bits per heavy atom. The molecule has 2 saturated heterocycles. The minimum atomic E-state index is -0.139. The van der Waals surface area contributed by atoms with Crippen molar-refractivity contribution in [3.8, 4) is 0 Å². The summed E-state index contributed by atoms with van der Waals surface area (Å²) < 4.78 is 0. The zero-order valence-corrected chi connectivity index (χ0v) is 12.9. The van der Waals surface area contributed by atoms with E-state index >= 15 is 0 Å². The maximum atomic E-state index is 12.6. The highest BCUT2D eigenvalue weighted by Gasteiger charge is 2.26. The van der Waals surface area contributed by atoms with Crippen molar-refractivity contribution in [1.82, 2.24) is 15.3 Å². The molecule has 22 heavy (non-hydrogen) atoms. The molecule has 2 amide bonds. The van der Waals surface area contributed by atoms with E-state index in [2.05, 4.69) is 17.4 Å². The van der Waals surface area contributed by atoms with Crippen LogP contribution in [0.25, 0.3) is 0 Å². The summed E-state index contributed by atoms with van der Waals surface area (Å²) in [6, 6.07) is 7.34. The van der Waals surface area contributed by atoms with Crippen molar-refractivity contribution >= 4 is 17.5 Å². The van der Waals surface area contributed by atoms with E-state index in [0.717, 1.165) is 38.3 Å². The van der Waals surface area contributed by atoms with Gasteiger partial charge >= 0.3 is 0 Å². The van der Waals surface area contributed by atoms with Gasteiger partial charge < -0.3 is 9.80 Å². The summed E-state index contributed by atoms with van der Waals surface area (Å²) in [7, 11) is 2.08. The van der Waals surface area contributed by atoms with Crippen LogP contribution < -0.4 is 10.3 Å². The van der Waals surface area contributed by atoms with Crippen molar-refractivity contribution in [2.45, 2.75) is 12.8 Å². The quantitative estimate of drug-likeness (QED) is 0.893. The molecule has 6 nitrogen and oxygen atoms in total. The zero-order chi connectivity index (χ0) is 15.5. The van der Waals surface area contributed by atoms with Gasteiger partial charge in [0, 0.05) is 39.1 Å². The Morgan fingerprint density at radius 2 is 1.82 bits per heavy atom. The van der Waals surface area contributed by atoms with Gasteiger partial charge in [0.05, 0.1) is 11.3 Å². The van der Waals surface area contributed by atoms with Crippen LogP contribution in [0.3, 0.4) is 0 Å². The Morgan fingerprint density at radius 1 is 1.09 bits per heavy atom. The third kappa shape index (κ3) is 3.13. The van der Waals surface area contributed by atoms with Crippen LogP contribution in [0, 0.1) is 0 Å². The van der Waals surface area contributed by atoms with E-state index in [0.29, 0.717) is 18.5 Å². The fraction of sp³-hybridized carbons (Fsp3) is 0.500. The van der Waals surface area contributed by atoms with Crippen LogP contribution in [0.2, 0.25) is 0 Å². The summed E-state index contributed by atoms with van der Waals surface area (Å²) in [5.74, 6) is -0.0419. The minimum Gasteiger partial charge on any atom is -0.312 e. The lowest BCUT2D eigenvalue weighted by atomic mass is 10.1. The maximum absolute atomic E-state index is 12.6. The molecule has 0 bridgehead atoms. The summed E-state index contributed by atoms with van der Waals surface area (Å²) in [4.78, 5) is 28.5. The number of carbonyl (C=O) groups excluding carboxylic acids is 2. The van der Waals surface area contributed by atoms with Gasteiger partial charge in [0.2, 0.25) is 5.91 Å². The number of nitrogens with zero attached hydrogens (tertiary/aromatic N) is 3. The predicted octanol–water partition coefficient (Wildman–Crippen LogP) is 0.706. The number of benzene rings is 1. The number of piperazine rings is 1. The lowest BCUT2D eigenvalue weighted by Crippen LogP contribution is -2.52. The summed E-state index contributed by atoms with van der Waals surface area (Å²) in [6.45, 7) is 4.19. The molecule has 0 radical (unpaired) electrons. The van der Waals surface area contributed by atoms with Crippen molar-refractivity contribution in [2.24, 2.45) is 0 Å². The zero-order valence-electron chi connectivity index (χ0n) is 12.9. The number of carbonyl (C=O) groups is 2. The van der Waals surface area contributed by atoms with Crippen molar-refractivity contribution < 1.29 is 9.59 Å². The molecule has 0 unspecified atom stereocenters. The van der Waals surface area contributed by atoms with Gasteiger partial charge in [-0.1, -0.05) is 12.1 Å². The van der Waals surface area contributed by atoms with Gasteiger partial charge in [0.25, 0.3) is 5.91 Å². The molecule has 2 heterocycles. The first-order valence-corrected chi connectivity index (χ1v) is 7.79. The van der Waals surface area contributed by atoms with Crippen LogP contribution in [0.4, 0.5) is 5.69 Å². The summed E-state index contributed by atoms with van der Waals surface area (Å²) >= 11 is 0. The molecule has 0 atom stereocenters. The predicted molar refractivity (Wildman–Crippen MR) is 84.6 cm³/mol. The van der Waals surface area contributed by atoms with Gasteiger partial charge in [0.1, 0.15) is 0 Å². The first-order chi connectivity index (χ1) is 10.6. The molecule has 0 aliphatic carbocycles. The fourth-order valence-corrected chi connectivity index (χ4v) is 2.93. The Labute approximate surface area is 130 Å². The Hall–Kier alpha value is -1.92. The number of nitrogens with one attached hydrogen (secondary N) is 1. The standard InChI is InChI=1S/C16H22N4O2/c1-18-9-11-19(12-10-18)17-16(22)13-5-2-3-6-14(13)20-8-4-7-15(20)21/h2-3,5-6H,4,7-12H2,1H3,(H,17,22). The van der Waals surface area contributed by atoms with Crippen molar-refractivity contribution in [2.75, 3.05) is 44.7 Å². The Bertz CT molecular complexity index is 567. The van der Waals surface area contributed by atoms with E-state index in [1.807, 2.05) is 23.2 Å². The average molecular weight is 302 g/mol. The van der Waals surface area contributed by atoms with Crippen LogP contribution in [0.15, 0.2) is 24.3 Å². The molecule has 0 saturated carbocycles. The largest absolute Gasteiger partial charge is 0.312 e. The highest BCUT2D eigenvalue weighted by molar-refractivity contribution is 6.05. The molecule has 3 rings (SSSR count). The molecule has 6 heteroatoms. The highest BCUT2D eigenvalue weighted by atomic mass is 16.2. The molecule has 0 aromatic heterocycles. The number of amides is 2. The summed E-state index contributed by atoms with van der Waals surface area (Å²) in [5, 5.41) is 1.95. The number of hydrazine groups is 1. The Balaban J connectivity index is 1.74. The number of rotatable bonds is 3. The van der Waals surface area contributed by atoms with E-state index in [4.69, 9.17) is 0 Å². The smallest absolute Gasteiger partial charge is 0.267 e. The molecule has 2 aliphatic rings. The van der Waals surface area contributed by atoms with E-state index in [9.17, 15) is 9.59 Å². The Kier molecular flexibility index (Phi) is 4.40. The number of likely N-dealkylation sites (N-methyl/N-ethyl adjacent to an activating group) is 1. The summed E-state index contributed by atoms with van der Waals surface area (Å²) in [5.41, 5.74) is 4.25. The SMILES string of the molecule is CN1CCN(NC(=O)c2ccccc2N2CCCC2=O)CC1. The normalized spacial score (nSPS) is 20.4. The van der Waals surface area contributed by atoms with Gasteiger partial charge in [-0.2, -0.15) is 0 Å². The third-order valence-corrected chi connectivity index (χ3v) is 4.28. The van der Waals surface area contributed by atoms with Gasteiger partial charge in [-0.25, -0.2) is 5.01 Å². The van der Waals surface area contributed by atoms with Gasteiger partial charge in [-0.05, 0) is 25.6 Å². The second-order valence-corrected chi connectivity index (χ2v) is 5.90. The van der Waals surface area contributed by atoms with Crippen molar-refractivity contribution in [3.63, 3.8) is 0 Å². The van der Waals surface area contributed by atoms with Crippen molar-refractivity contribution in [1.29, 1.82) is 0 Å². The number of hydrogen-bond donors (Lipinski definition) is 1. The lowest BCUT2D eigenvalue weighted by molar-refractivity contribution is -0.117. The number of anilines is 1. The molecule has 1 aromatic carbocycles. The van der Waals surface area contributed by atoms with Gasteiger partial charge in [-0.3, -0.25) is 15.0 Å². The average Bonchev–Trinajstić information content (AvgIpc) is 2.95. The second-order valence-electron chi connectivity index (χ2n) is 5.90. The van der Waals surface area contributed by atoms with Crippen LogP contribution in [-0.4, -0.2) is 61.5 Å².